The lowest BCUT2D eigenvalue weighted by Crippen LogP contribution is -2.20. The number of hydrogen-bond acceptors (Lipinski definition) is 2. The van der Waals surface area contributed by atoms with E-state index in [1.54, 1.807) is 13.0 Å². The van der Waals surface area contributed by atoms with Crippen LogP contribution in [0.4, 0.5) is 4.39 Å². The van der Waals surface area contributed by atoms with Gasteiger partial charge in [0.15, 0.2) is 0 Å². The number of nitrogens with zero attached hydrogens (tertiary/aromatic N) is 1. The number of pyridine rings is 1. The van der Waals surface area contributed by atoms with Crippen LogP contribution in [-0.2, 0) is 11.2 Å². The first-order valence-electron chi connectivity index (χ1n) is 10.8. The minimum Gasteiger partial charge on any atom is -0.299 e. The Hall–Kier alpha value is -2.26. The zero-order valence-electron chi connectivity index (χ0n) is 17.1. The van der Waals surface area contributed by atoms with Crippen LogP contribution in [0.2, 0.25) is 5.02 Å². The molecule has 2 saturated carbocycles. The minimum atomic E-state index is -0.168. The molecule has 2 nitrogen and oxygen atoms in total. The Morgan fingerprint density at radius 3 is 2.63 bits per heavy atom. The molecule has 0 radical (unpaired) electrons. The van der Waals surface area contributed by atoms with E-state index in [-0.39, 0.29) is 17.2 Å². The standard InChI is InChI=1S/C26H25ClFNO/c1-16-12-24-21(14-23(16)28)20(8-11-29-24)18-6-9-26(10-7-18)15-22(26)25(30)13-17-2-4-19(27)5-3-17/h2-5,8,11-12,14,18,22H,6-7,9-10,13,15H2,1H3/t18?,22-,26?/m1/s1. The molecule has 0 N–H and O–H groups in total. The maximum absolute atomic E-state index is 14.2. The first kappa shape index (κ1) is 19.7. The highest BCUT2D eigenvalue weighted by molar-refractivity contribution is 6.30. The Labute approximate surface area is 181 Å². The highest BCUT2D eigenvalue weighted by atomic mass is 35.5. The van der Waals surface area contributed by atoms with Gasteiger partial charge in [-0.3, -0.25) is 9.78 Å². The predicted octanol–water partition coefficient (Wildman–Crippen LogP) is 6.81. The molecular formula is C26H25ClFNO. The average Bonchev–Trinajstić information content (AvgIpc) is 3.44. The van der Waals surface area contributed by atoms with Crippen molar-refractivity contribution in [1.82, 2.24) is 4.98 Å². The number of carbonyl (C=O) groups is 1. The van der Waals surface area contributed by atoms with Crippen molar-refractivity contribution in [2.45, 2.75) is 51.4 Å². The van der Waals surface area contributed by atoms with Gasteiger partial charge in [0.1, 0.15) is 11.6 Å². The van der Waals surface area contributed by atoms with Gasteiger partial charge in [-0.25, -0.2) is 4.39 Å². The lowest BCUT2D eigenvalue weighted by Gasteiger charge is -2.30. The minimum absolute atomic E-state index is 0.168. The average molecular weight is 422 g/mol. The van der Waals surface area contributed by atoms with Gasteiger partial charge in [-0.15, -0.1) is 0 Å². The second-order valence-electron chi connectivity index (χ2n) is 9.18. The number of hydrogen-bond donors (Lipinski definition) is 0. The molecule has 1 aromatic heterocycles. The van der Waals surface area contributed by atoms with Gasteiger partial charge in [-0.2, -0.15) is 0 Å². The smallest absolute Gasteiger partial charge is 0.140 e. The van der Waals surface area contributed by atoms with E-state index < -0.39 is 0 Å². The van der Waals surface area contributed by atoms with Crippen LogP contribution in [-0.4, -0.2) is 10.8 Å². The maximum atomic E-state index is 14.2. The normalized spacial score (nSPS) is 25.6. The zero-order valence-corrected chi connectivity index (χ0v) is 17.9. The van der Waals surface area contributed by atoms with Crippen molar-refractivity contribution < 1.29 is 9.18 Å². The molecule has 5 rings (SSSR count). The largest absolute Gasteiger partial charge is 0.299 e. The van der Waals surface area contributed by atoms with E-state index in [2.05, 4.69) is 11.1 Å². The Bertz CT molecular complexity index is 1120. The molecule has 0 saturated heterocycles. The van der Waals surface area contributed by atoms with E-state index >= 15 is 0 Å². The summed E-state index contributed by atoms with van der Waals surface area (Å²) in [5.74, 6) is 0.806. The quantitative estimate of drug-likeness (QED) is 0.463. The number of aromatic nitrogens is 1. The molecule has 1 heterocycles. The molecule has 2 aliphatic carbocycles. The fraction of sp³-hybridized carbons (Fsp3) is 0.385. The van der Waals surface area contributed by atoms with E-state index in [1.165, 1.54) is 5.56 Å². The van der Waals surface area contributed by atoms with Gasteiger partial charge in [-0.1, -0.05) is 23.7 Å². The van der Waals surface area contributed by atoms with E-state index in [0.29, 0.717) is 28.7 Å². The van der Waals surface area contributed by atoms with Gasteiger partial charge in [0.05, 0.1) is 5.52 Å². The molecule has 154 valence electrons. The van der Waals surface area contributed by atoms with Gasteiger partial charge >= 0.3 is 0 Å². The first-order chi connectivity index (χ1) is 14.4. The molecule has 1 atom stereocenters. The molecule has 2 fully saturated rings. The summed E-state index contributed by atoms with van der Waals surface area (Å²) in [4.78, 5) is 17.3. The second kappa shape index (κ2) is 7.46. The zero-order chi connectivity index (χ0) is 20.9. The van der Waals surface area contributed by atoms with Crippen molar-refractivity contribution in [3.63, 3.8) is 0 Å². The fourth-order valence-electron chi connectivity index (χ4n) is 5.43. The van der Waals surface area contributed by atoms with Crippen LogP contribution < -0.4 is 0 Å². The third kappa shape index (κ3) is 3.54. The summed E-state index contributed by atoms with van der Waals surface area (Å²) >= 11 is 5.95. The van der Waals surface area contributed by atoms with Crippen LogP contribution in [0.25, 0.3) is 10.9 Å². The Morgan fingerprint density at radius 2 is 1.90 bits per heavy atom. The van der Waals surface area contributed by atoms with Crippen molar-refractivity contribution in [3.8, 4) is 0 Å². The van der Waals surface area contributed by atoms with Gasteiger partial charge in [0.2, 0.25) is 0 Å². The number of Topliss-reactive ketones (excluding diaryl/α,β-unsaturated/α-hetero) is 1. The number of rotatable bonds is 4. The summed E-state index contributed by atoms with van der Waals surface area (Å²) in [6, 6.07) is 13.1. The molecule has 0 aliphatic heterocycles. The summed E-state index contributed by atoms with van der Waals surface area (Å²) in [6.07, 6.45) is 7.63. The molecule has 3 aromatic rings. The Balaban J connectivity index is 1.27. The lowest BCUT2D eigenvalue weighted by molar-refractivity contribution is -0.120. The highest BCUT2D eigenvalue weighted by Gasteiger charge is 2.57. The molecule has 0 unspecified atom stereocenters. The summed E-state index contributed by atoms with van der Waals surface area (Å²) in [7, 11) is 0. The van der Waals surface area contributed by atoms with Crippen LogP contribution in [0.5, 0.6) is 0 Å². The lowest BCUT2D eigenvalue weighted by atomic mass is 9.74. The molecule has 4 heteroatoms. The number of aryl methyl sites for hydroxylation is 1. The van der Waals surface area contributed by atoms with E-state index in [0.717, 1.165) is 48.6 Å². The van der Waals surface area contributed by atoms with Crippen molar-refractivity contribution in [2.75, 3.05) is 0 Å². The van der Waals surface area contributed by atoms with Crippen LogP contribution in [0.1, 0.15) is 54.7 Å². The van der Waals surface area contributed by atoms with Gasteiger partial charge in [0.25, 0.3) is 0 Å². The van der Waals surface area contributed by atoms with E-state index in [4.69, 9.17) is 11.6 Å². The second-order valence-corrected chi connectivity index (χ2v) is 9.62. The summed E-state index contributed by atoms with van der Waals surface area (Å²) in [5, 5.41) is 1.64. The maximum Gasteiger partial charge on any atom is 0.140 e. The summed E-state index contributed by atoms with van der Waals surface area (Å²) < 4.78 is 14.2. The van der Waals surface area contributed by atoms with Crippen molar-refractivity contribution in [1.29, 1.82) is 0 Å². The van der Waals surface area contributed by atoms with Crippen molar-refractivity contribution in [2.24, 2.45) is 11.3 Å². The molecule has 0 bridgehead atoms. The molecular weight excluding hydrogens is 397 g/mol. The third-order valence-corrected chi connectivity index (χ3v) is 7.60. The van der Waals surface area contributed by atoms with Crippen LogP contribution in [0.15, 0.2) is 48.7 Å². The summed E-state index contributed by atoms with van der Waals surface area (Å²) in [6.45, 7) is 1.78. The molecule has 30 heavy (non-hydrogen) atoms. The number of carbonyl (C=O) groups excluding carboxylic acids is 1. The molecule has 2 aromatic carbocycles. The van der Waals surface area contributed by atoms with Crippen molar-refractivity contribution >= 4 is 28.3 Å². The first-order valence-corrected chi connectivity index (χ1v) is 11.1. The monoisotopic (exact) mass is 421 g/mol. The van der Waals surface area contributed by atoms with Crippen molar-refractivity contribution in [3.05, 3.63) is 76.2 Å². The van der Waals surface area contributed by atoms with Gasteiger partial charge < -0.3 is 0 Å². The van der Waals surface area contributed by atoms with E-state index in [9.17, 15) is 9.18 Å². The van der Waals surface area contributed by atoms with Gasteiger partial charge in [-0.05, 0) is 97.4 Å². The molecule has 1 spiro atoms. The SMILES string of the molecule is Cc1cc2nccc(C3CCC4(CC3)C[C@@H]4C(=O)Cc3ccc(Cl)cc3)c2cc1F. The van der Waals surface area contributed by atoms with Gasteiger partial charge in [0, 0.05) is 28.9 Å². The topological polar surface area (TPSA) is 30.0 Å². The summed E-state index contributed by atoms with van der Waals surface area (Å²) in [5.41, 5.74) is 3.95. The van der Waals surface area contributed by atoms with Crippen LogP contribution in [0.3, 0.4) is 0 Å². The number of benzene rings is 2. The predicted molar refractivity (Wildman–Crippen MR) is 118 cm³/mol. The molecule has 0 amide bonds. The number of halogens is 2. The molecule has 2 aliphatic rings. The highest BCUT2D eigenvalue weighted by Crippen LogP contribution is 2.63. The third-order valence-electron chi connectivity index (χ3n) is 7.35. The Morgan fingerprint density at radius 1 is 1.17 bits per heavy atom. The Kier molecular flexibility index (Phi) is 4.89. The van der Waals surface area contributed by atoms with E-state index in [1.807, 2.05) is 36.5 Å². The van der Waals surface area contributed by atoms with Crippen LogP contribution in [0, 0.1) is 24.1 Å². The number of fused-ring (bicyclic) bond motifs is 1. The number of ketones is 1. The fourth-order valence-corrected chi connectivity index (χ4v) is 5.56. The van der Waals surface area contributed by atoms with Crippen LogP contribution >= 0.6 is 11.6 Å².